The summed E-state index contributed by atoms with van der Waals surface area (Å²) < 4.78 is 0. The Labute approximate surface area is 206 Å². The van der Waals surface area contributed by atoms with Crippen LogP contribution in [0.15, 0.2) is 66.7 Å². The van der Waals surface area contributed by atoms with Crippen molar-refractivity contribution >= 4 is 40.8 Å². The number of nitrogens with one attached hydrogen (secondary N) is 1. The lowest BCUT2D eigenvalue weighted by Crippen LogP contribution is -2.53. The fourth-order valence-electron chi connectivity index (χ4n) is 4.83. The molecule has 2 atom stereocenters. The van der Waals surface area contributed by atoms with Crippen molar-refractivity contribution in [2.45, 2.75) is 18.0 Å². The van der Waals surface area contributed by atoms with Gasteiger partial charge in [0.15, 0.2) is 0 Å². The number of imide groups is 1. The van der Waals surface area contributed by atoms with Crippen molar-refractivity contribution in [3.63, 3.8) is 0 Å². The Morgan fingerprint density at radius 2 is 1.74 bits per heavy atom. The number of carbonyl (C=O) groups excluding carboxylic acids is 2. The van der Waals surface area contributed by atoms with Gasteiger partial charge in [-0.2, -0.15) is 5.26 Å². The average Bonchev–Trinajstić information content (AvgIpc) is 3.29. The van der Waals surface area contributed by atoms with Crippen molar-refractivity contribution in [2.75, 3.05) is 18.0 Å². The van der Waals surface area contributed by atoms with Gasteiger partial charge in [-0.25, -0.2) is 14.7 Å². The van der Waals surface area contributed by atoms with E-state index in [0.29, 0.717) is 25.2 Å². The zero-order chi connectivity index (χ0) is 23.9. The minimum Gasteiger partial charge on any atom is -0.321 e. The molecule has 0 aliphatic carbocycles. The SMILES string of the molecule is N#Cc1ccc(C2CN(Cc3ccccc3)CC23NC(=O)N(c2cc(Cl)nc(Cl)c2)C3=O)cc1. The van der Waals surface area contributed by atoms with Gasteiger partial charge in [0.25, 0.3) is 5.91 Å². The number of aromatic nitrogens is 1. The summed E-state index contributed by atoms with van der Waals surface area (Å²) in [4.78, 5) is 34.2. The van der Waals surface area contributed by atoms with E-state index in [2.05, 4.69) is 21.3 Å². The first-order chi connectivity index (χ1) is 16.4. The second-order valence-electron chi connectivity index (χ2n) is 8.45. The van der Waals surface area contributed by atoms with Crippen LogP contribution in [0, 0.1) is 11.3 Å². The van der Waals surface area contributed by atoms with Crippen LogP contribution in [0.1, 0.15) is 22.6 Å². The highest BCUT2D eigenvalue weighted by Crippen LogP contribution is 2.42. The Morgan fingerprint density at radius 3 is 2.38 bits per heavy atom. The third-order valence-electron chi connectivity index (χ3n) is 6.32. The molecule has 1 aromatic heterocycles. The lowest BCUT2D eigenvalue weighted by molar-refractivity contribution is -0.122. The Morgan fingerprint density at radius 1 is 1.06 bits per heavy atom. The Kier molecular flexibility index (Phi) is 5.74. The first-order valence-electron chi connectivity index (χ1n) is 10.7. The second-order valence-corrected chi connectivity index (χ2v) is 9.23. The van der Waals surface area contributed by atoms with Gasteiger partial charge in [-0.3, -0.25) is 9.69 Å². The van der Waals surface area contributed by atoms with Gasteiger partial charge in [0.1, 0.15) is 15.8 Å². The summed E-state index contributed by atoms with van der Waals surface area (Å²) in [6, 6.07) is 21.6. The van der Waals surface area contributed by atoms with E-state index >= 15 is 0 Å². The van der Waals surface area contributed by atoms with Gasteiger partial charge in [0.05, 0.1) is 17.3 Å². The molecule has 1 spiro atoms. The lowest BCUT2D eigenvalue weighted by atomic mass is 9.81. The summed E-state index contributed by atoms with van der Waals surface area (Å²) in [5, 5.41) is 12.3. The van der Waals surface area contributed by atoms with Crippen LogP contribution in [0.25, 0.3) is 0 Å². The molecule has 3 aromatic rings. The van der Waals surface area contributed by atoms with E-state index in [1.54, 1.807) is 12.1 Å². The number of halogens is 2. The summed E-state index contributed by atoms with van der Waals surface area (Å²) in [7, 11) is 0. The first kappa shape index (κ1) is 22.4. The van der Waals surface area contributed by atoms with Crippen molar-refractivity contribution < 1.29 is 9.59 Å². The quantitative estimate of drug-likeness (QED) is 0.432. The van der Waals surface area contributed by atoms with Gasteiger partial charge < -0.3 is 5.32 Å². The second kappa shape index (κ2) is 8.73. The van der Waals surface area contributed by atoms with Crippen LogP contribution in [0.4, 0.5) is 10.5 Å². The number of urea groups is 1. The lowest BCUT2D eigenvalue weighted by Gasteiger charge is -2.28. The predicted octanol–water partition coefficient (Wildman–Crippen LogP) is 4.35. The molecule has 2 fully saturated rings. The maximum atomic E-state index is 13.9. The van der Waals surface area contributed by atoms with Gasteiger partial charge in [0, 0.05) is 25.6 Å². The molecule has 170 valence electrons. The van der Waals surface area contributed by atoms with Crippen LogP contribution in [-0.4, -0.2) is 40.5 Å². The Balaban J connectivity index is 1.54. The molecule has 0 saturated carbocycles. The van der Waals surface area contributed by atoms with E-state index in [0.717, 1.165) is 16.0 Å². The number of nitrogens with zero attached hydrogens (tertiary/aromatic N) is 4. The maximum absolute atomic E-state index is 13.9. The van der Waals surface area contributed by atoms with E-state index in [9.17, 15) is 14.9 Å². The molecule has 0 radical (unpaired) electrons. The smallest absolute Gasteiger partial charge is 0.321 e. The van der Waals surface area contributed by atoms with Gasteiger partial charge in [0.2, 0.25) is 0 Å². The largest absolute Gasteiger partial charge is 0.329 e. The zero-order valence-electron chi connectivity index (χ0n) is 17.9. The maximum Gasteiger partial charge on any atom is 0.329 e. The third-order valence-corrected chi connectivity index (χ3v) is 6.71. The van der Waals surface area contributed by atoms with Crippen LogP contribution in [0.3, 0.4) is 0 Å². The van der Waals surface area contributed by atoms with Crippen LogP contribution in [0.2, 0.25) is 10.3 Å². The molecule has 2 aromatic carbocycles. The first-order valence-corrected chi connectivity index (χ1v) is 11.4. The van der Waals surface area contributed by atoms with Crippen LogP contribution in [-0.2, 0) is 11.3 Å². The molecule has 0 bridgehead atoms. The number of anilines is 1. The zero-order valence-corrected chi connectivity index (χ0v) is 19.4. The van der Waals surface area contributed by atoms with E-state index in [1.165, 1.54) is 12.1 Å². The van der Waals surface area contributed by atoms with Gasteiger partial charge in [-0.1, -0.05) is 65.7 Å². The van der Waals surface area contributed by atoms with Gasteiger partial charge in [-0.15, -0.1) is 0 Å². The van der Waals surface area contributed by atoms with Crippen molar-refractivity contribution in [3.05, 3.63) is 93.7 Å². The molecule has 1 N–H and O–H groups in total. The van der Waals surface area contributed by atoms with Gasteiger partial charge in [-0.05, 0) is 35.4 Å². The van der Waals surface area contributed by atoms with E-state index in [4.69, 9.17) is 23.2 Å². The highest BCUT2D eigenvalue weighted by molar-refractivity contribution is 6.33. The van der Waals surface area contributed by atoms with E-state index < -0.39 is 11.6 Å². The molecule has 2 aliphatic rings. The summed E-state index contributed by atoms with van der Waals surface area (Å²) in [6.45, 7) is 1.52. The predicted molar refractivity (Wildman–Crippen MR) is 129 cm³/mol. The van der Waals surface area contributed by atoms with Crippen molar-refractivity contribution in [3.8, 4) is 6.07 Å². The number of benzene rings is 2. The topological polar surface area (TPSA) is 89.3 Å². The summed E-state index contributed by atoms with van der Waals surface area (Å²) in [5.41, 5.74) is 1.60. The standard InChI is InChI=1S/C25H19Cl2N5O2/c26-21-10-19(11-22(27)29-21)32-23(33)25(30-24(32)34)15-31(13-17-4-2-1-3-5-17)14-20(25)18-8-6-16(12-28)7-9-18/h1-11,20H,13-15H2,(H,30,34). The van der Waals surface area contributed by atoms with Crippen molar-refractivity contribution in [1.82, 2.24) is 15.2 Å². The molecular formula is C25H19Cl2N5O2. The Bertz CT molecular complexity index is 1290. The van der Waals surface area contributed by atoms with E-state index in [1.807, 2.05) is 42.5 Å². The summed E-state index contributed by atoms with van der Waals surface area (Å²) >= 11 is 12.1. The highest BCUT2D eigenvalue weighted by atomic mass is 35.5. The number of likely N-dealkylation sites (tertiary alicyclic amines) is 1. The van der Waals surface area contributed by atoms with Crippen LogP contribution >= 0.6 is 23.2 Å². The molecule has 2 aliphatic heterocycles. The van der Waals surface area contributed by atoms with Gasteiger partial charge >= 0.3 is 6.03 Å². The summed E-state index contributed by atoms with van der Waals surface area (Å²) in [5.74, 6) is -0.695. The minimum atomic E-state index is -1.18. The molecule has 2 unspecified atom stereocenters. The number of nitriles is 1. The number of rotatable bonds is 4. The molecule has 5 rings (SSSR count). The van der Waals surface area contributed by atoms with Crippen LogP contribution in [0.5, 0.6) is 0 Å². The average molecular weight is 492 g/mol. The molecular weight excluding hydrogens is 473 g/mol. The number of pyridine rings is 1. The summed E-state index contributed by atoms with van der Waals surface area (Å²) in [6.07, 6.45) is 0. The normalized spacial score (nSPS) is 22.3. The molecule has 2 saturated heterocycles. The fourth-order valence-corrected chi connectivity index (χ4v) is 5.28. The van der Waals surface area contributed by atoms with Crippen molar-refractivity contribution in [2.24, 2.45) is 0 Å². The third kappa shape index (κ3) is 3.90. The molecule has 7 nitrogen and oxygen atoms in total. The minimum absolute atomic E-state index is 0.0878. The molecule has 3 amide bonds. The Hall–Kier alpha value is -3.44. The monoisotopic (exact) mass is 491 g/mol. The number of hydrogen-bond donors (Lipinski definition) is 1. The molecule has 9 heteroatoms. The highest BCUT2D eigenvalue weighted by Gasteiger charge is 2.60. The van der Waals surface area contributed by atoms with Crippen molar-refractivity contribution in [1.29, 1.82) is 5.26 Å². The van der Waals surface area contributed by atoms with E-state index in [-0.39, 0.29) is 27.8 Å². The number of hydrogen-bond acceptors (Lipinski definition) is 5. The fraction of sp³-hybridized carbons (Fsp3) is 0.200. The number of amides is 3. The van der Waals surface area contributed by atoms with Crippen LogP contribution < -0.4 is 10.2 Å². The molecule has 34 heavy (non-hydrogen) atoms. The number of carbonyl (C=O) groups is 2. The molecule has 3 heterocycles.